The molecule has 0 radical (unpaired) electrons. The van der Waals surface area contributed by atoms with Gasteiger partial charge in [-0.1, -0.05) is 0 Å². The Bertz CT molecular complexity index is 991. The highest BCUT2D eigenvalue weighted by atomic mass is 16.5. The maximum absolute atomic E-state index is 10.1. The van der Waals surface area contributed by atoms with E-state index in [1.165, 1.54) is 0 Å². The number of aromatic nitrogens is 4. The van der Waals surface area contributed by atoms with Crippen molar-refractivity contribution in [3.63, 3.8) is 0 Å². The maximum atomic E-state index is 10.1. The van der Waals surface area contributed by atoms with Crippen molar-refractivity contribution < 1.29 is 24.1 Å². The number of nitrogens with zero attached hydrogens (tertiary/aromatic N) is 4. The predicted molar refractivity (Wildman–Crippen MR) is 105 cm³/mol. The molecule has 0 bridgehead atoms. The fourth-order valence-corrected chi connectivity index (χ4v) is 3.44. The molecule has 0 amide bonds. The highest BCUT2D eigenvalue weighted by Gasteiger charge is 2.22. The van der Waals surface area contributed by atoms with Gasteiger partial charge in [0.2, 0.25) is 5.75 Å². The number of anilines is 2. The number of nitrogens with one attached hydrogen (secondary N) is 1. The van der Waals surface area contributed by atoms with Gasteiger partial charge in [0.25, 0.3) is 0 Å². The van der Waals surface area contributed by atoms with Crippen LogP contribution >= 0.6 is 0 Å². The number of imidazole rings is 1. The van der Waals surface area contributed by atoms with Crippen LogP contribution in [0.3, 0.4) is 0 Å². The summed E-state index contributed by atoms with van der Waals surface area (Å²) < 4.78 is 23.8. The van der Waals surface area contributed by atoms with Crippen LogP contribution in [0.15, 0.2) is 18.5 Å². The smallest absolute Gasteiger partial charge is 0.318 e. The molecule has 1 saturated heterocycles. The standard InChI is InChI=1S/C19H23N5O5/c1-26-12-8-11(9-13(27-2)16(12)28-3)21-17-15-18(23-19(25)22-17)24(10-20-15)14-6-4-5-7-29-14/h8-10,14H,4-7H2,1-3H3,(H2,21,22,23,25). The van der Waals surface area contributed by atoms with E-state index in [0.29, 0.717) is 46.5 Å². The first-order valence-electron chi connectivity index (χ1n) is 9.26. The lowest BCUT2D eigenvalue weighted by Crippen LogP contribution is -2.17. The minimum atomic E-state index is -0.356. The number of benzene rings is 1. The van der Waals surface area contributed by atoms with Gasteiger partial charge in [0.1, 0.15) is 6.23 Å². The monoisotopic (exact) mass is 401 g/mol. The fraction of sp³-hybridized carbons (Fsp3) is 0.421. The first-order chi connectivity index (χ1) is 14.1. The number of fused-ring (bicyclic) bond motifs is 1. The highest BCUT2D eigenvalue weighted by Crippen LogP contribution is 2.41. The van der Waals surface area contributed by atoms with E-state index in [1.807, 2.05) is 4.57 Å². The Morgan fingerprint density at radius 3 is 2.48 bits per heavy atom. The third-order valence-corrected chi connectivity index (χ3v) is 4.80. The minimum Gasteiger partial charge on any atom is -0.493 e. The molecular weight excluding hydrogens is 378 g/mol. The van der Waals surface area contributed by atoms with Gasteiger partial charge >= 0.3 is 6.01 Å². The summed E-state index contributed by atoms with van der Waals surface area (Å²) in [5, 5.41) is 13.3. The van der Waals surface area contributed by atoms with Gasteiger partial charge in [-0.05, 0) is 19.3 Å². The van der Waals surface area contributed by atoms with Gasteiger partial charge < -0.3 is 29.4 Å². The fourth-order valence-electron chi connectivity index (χ4n) is 3.44. The number of hydrogen-bond acceptors (Lipinski definition) is 9. The van der Waals surface area contributed by atoms with E-state index in [-0.39, 0.29) is 12.2 Å². The van der Waals surface area contributed by atoms with Crippen LogP contribution in [-0.4, -0.2) is 52.6 Å². The molecule has 10 nitrogen and oxygen atoms in total. The van der Waals surface area contributed by atoms with E-state index in [1.54, 1.807) is 39.8 Å². The van der Waals surface area contributed by atoms with Gasteiger partial charge in [-0.25, -0.2) is 4.98 Å². The van der Waals surface area contributed by atoms with Crippen molar-refractivity contribution in [3.05, 3.63) is 18.5 Å². The number of rotatable bonds is 6. The number of aromatic hydroxyl groups is 1. The Balaban J connectivity index is 1.74. The van der Waals surface area contributed by atoms with E-state index in [0.717, 1.165) is 19.3 Å². The van der Waals surface area contributed by atoms with E-state index in [4.69, 9.17) is 18.9 Å². The summed E-state index contributed by atoms with van der Waals surface area (Å²) >= 11 is 0. The molecule has 2 aromatic heterocycles. The van der Waals surface area contributed by atoms with Crippen LogP contribution in [0.4, 0.5) is 11.5 Å². The third-order valence-electron chi connectivity index (χ3n) is 4.80. The zero-order valence-electron chi connectivity index (χ0n) is 16.5. The second-order valence-electron chi connectivity index (χ2n) is 6.56. The van der Waals surface area contributed by atoms with Crippen LogP contribution < -0.4 is 19.5 Å². The molecule has 0 spiro atoms. The Hall–Kier alpha value is -3.27. The summed E-state index contributed by atoms with van der Waals surface area (Å²) in [5.74, 6) is 1.82. The molecule has 154 valence electrons. The summed E-state index contributed by atoms with van der Waals surface area (Å²) in [5.41, 5.74) is 1.65. The summed E-state index contributed by atoms with van der Waals surface area (Å²) in [6, 6.07) is 3.13. The highest BCUT2D eigenvalue weighted by molar-refractivity contribution is 5.86. The molecule has 2 N–H and O–H groups in total. The Kier molecular flexibility index (Phi) is 5.26. The topological polar surface area (TPSA) is 113 Å². The Morgan fingerprint density at radius 1 is 1.10 bits per heavy atom. The van der Waals surface area contributed by atoms with E-state index in [2.05, 4.69) is 20.3 Å². The van der Waals surface area contributed by atoms with Gasteiger partial charge in [0.15, 0.2) is 28.5 Å². The van der Waals surface area contributed by atoms with Crippen LogP contribution in [0.5, 0.6) is 23.3 Å². The molecule has 3 aromatic rings. The zero-order chi connectivity index (χ0) is 20.4. The quantitative estimate of drug-likeness (QED) is 0.643. The number of ether oxygens (including phenoxy) is 4. The molecule has 3 heterocycles. The number of methoxy groups -OCH3 is 3. The summed E-state index contributed by atoms with van der Waals surface area (Å²) in [6.07, 6.45) is 4.48. The van der Waals surface area contributed by atoms with E-state index < -0.39 is 0 Å². The lowest BCUT2D eigenvalue weighted by atomic mass is 10.2. The molecule has 1 aliphatic rings. The molecule has 1 unspecified atom stereocenters. The molecule has 0 saturated carbocycles. The normalized spacial score (nSPS) is 16.6. The Labute approximate surface area is 167 Å². The van der Waals surface area contributed by atoms with Crippen LogP contribution in [0.2, 0.25) is 0 Å². The minimum absolute atomic E-state index is 0.155. The third kappa shape index (κ3) is 3.58. The van der Waals surface area contributed by atoms with E-state index in [9.17, 15) is 5.11 Å². The molecule has 1 aromatic carbocycles. The van der Waals surface area contributed by atoms with Crippen molar-refractivity contribution in [3.8, 4) is 23.3 Å². The Morgan fingerprint density at radius 2 is 1.86 bits per heavy atom. The van der Waals surface area contributed by atoms with Crippen LogP contribution in [0.1, 0.15) is 25.5 Å². The van der Waals surface area contributed by atoms with Gasteiger partial charge in [-0.15, -0.1) is 0 Å². The van der Waals surface area contributed by atoms with Gasteiger partial charge in [0, 0.05) is 24.4 Å². The molecule has 0 aliphatic carbocycles. The van der Waals surface area contributed by atoms with Crippen molar-refractivity contribution in [1.29, 1.82) is 0 Å². The second-order valence-corrected chi connectivity index (χ2v) is 6.56. The van der Waals surface area contributed by atoms with E-state index >= 15 is 0 Å². The SMILES string of the molecule is COc1cc(Nc2nc(O)nc3c2ncn3C2CCCCO2)cc(OC)c1OC. The molecule has 4 rings (SSSR count). The molecule has 1 fully saturated rings. The van der Waals surface area contributed by atoms with Gasteiger partial charge in [0.05, 0.1) is 27.7 Å². The molecular formula is C19H23N5O5. The lowest BCUT2D eigenvalue weighted by molar-refractivity contribution is -0.0298. The molecule has 29 heavy (non-hydrogen) atoms. The average molecular weight is 401 g/mol. The van der Waals surface area contributed by atoms with Crippen LogP contribution in [-0.2, 0) is 4.74 Å². The second kappa shape index (κ2) is 8.00. The van der Waals surface area contributed by atoms with Crippen LogP contribution in [0, 0.1) is 0 Å². The molecule has 1 atom stereocenters. The summed E-state index contributed by atoms with van der Waals surface area (Å²) in [6.45, 7) is 0.692. The van der Waals surface area contributed by atoms with Gasteiger partial charge in [-0.3, -0.25) is 4.57 Å². The van der Waals surface area contributed by atoms with Crippen molar-refractivity contribution in [2.45, 2.75) is 25.5 Å². The maximum Gasteiger partial charge on any atom is 0.318 e. The first-order valence-corrected chi connectivity index (χ1v) is 9.26. The average Bonchev–Trinajstić information content (AvgIpc) is 3.17. The van der Waals surface area contributed by atoms with Crippen LogP contribution in [0.25, 0.3) is 11.2 Å². The zero-order valence-corrected chi connectivity index (χ0v) is 16.5. The molecule has 1 aliphatic heterocycles. The summed E-state index contributed by atoms with van der Waals surface area (Å²) in [7, 11) is 4.63. The van der Waals surface area contributed by atoms with Crippen molar-refractivity contribution in [2.24, 2.45) is 0 Å². The van der Waals surface area contributed by atoms with Gasteiger partial charge in [-0.2, -0.15) is 9.97 Å². The van der Waals surface area contributed by atoms with Crippen molar-refractivity contribution in [2.75, 3.05) is 33.3 Å². The number of hydrogen-bond donors (Lipinski definition) is 2. The molecule has 10 heteroatoms. The largest absolute Gasteiger partial charge is 0.493 e. The summed E-state index contributed by atoms with van der Waals surface area (Å²) in [4.78, 5) is 12.7. The predicted octanol–water partition coefficient (Wildman–Crippen LogP) is 3.00. The van der Waals surface area contributed by atoms with Crippen molar-refractivity contribution in [1.82, 2.24) is 19.5 Å². The lowest BCUT2D eigenvalue weighted by Gasteiger charge is -2.23. The van der Waals surface area contributed by atoms with Crippen molar-refractivity contribution >= 4 is 22.7 Å². The first kappa shape index (κ1) is 19.1.